The maximum absolute atomic E-state index is 13.2. The topological polar surface area (TPSA) is 52.6 Å². The van der Waals surface area contributed by atoms with E-state index in [0.717, 1.165) is 51.3 Å². The third-order valence-electron chi connectivity index (χ3n) is 4.67. The Hall–Kier alpha value is -1.47. The number of anilines is 1. The van der Waals surface area contributed by atoms with Gasteiger partial charge in [-0.2, -0.15) is 0 Å². The molecule has 0 amide bonds. The first-order valence-electron chi connectivity index (χ1n) is 8.84. The quantitative estimate of drug-likeness (QED) is 0.540. The van der Waals surface area contributed by atoms with E-state index in [-0.39, 0.29) is 12.0 Å². The van der Waals surface area contributed by atoms with Crippen molar-refractivity contribution >= 4 is 53.1 Å². The number of fused-ring (bicyclic) bond motifs is 2. The second kappa shape index (κ2) is 8.48. The van der Waals surface area contributed by atoms with E-state index >= 15 is 0 Å². The number of hydrogen-bond donors (Lipinski definition) is 2. The molecule has 1 aromatic heterocycles. The molecule has 3 rings (SSSR count). The zero-order valence-electron chi connectivity index (χ0n) is 15.0. The summed E-state index contributed by atoms with van der Waals surface area (Å²) in [6, 6.07) is 9.58. The molecule has 2 aromatic carbocycles. The molecule has 0 radical (unpaired) electrons. The summed E-state index contributed by atoms with van der Waals surface area (Å²) in [6.45, 7) is 7.94. The number of aliphatic hydroxyl groups is 1. The van der Waals surface area contributed by atoms with Crippen molar-refractivity contribution in [3.05, 3.63) is 50.6 Å². The summed E-state index contributed by atoms with van der Waals surface area (Å²) in [5.74, 6) is 0. The van der Waals surface area contributed by atoms with Gasteiger partial charge in [0, 0.05) is 38.0 Å². The summed E-state index contributed by atoms with van der Waals surface area (Å²) in [6.07, 6.45) is 0. The van der Waals surface area contributed by atoms with E-state index in [1.807, 2.05) is 30.3 Å². The average molecular weight is 435 g/mol. The van der Waals surface area contributed by atoms with Crippen molar-refractivity contribution in [3.63, 3.8) is 0 Å². The van der Waals surface area contributed by atoms with Gasteiger partial charge >= 0.3 is 0 Å². The lowest BCUT2D eigenvalue weighted by atomic mass is 10.1. The number of halogens is 1. The number of nitrogens with zero attached hydrogens (tertiary/aromatic N) is 1. The predicted molar refractivity (Wildman–Crippen MR) is 116 cm³/mol. The van der Waals surface area contributed by atoms with Crippen molar-refractivity contribution in [3.8, 4) is 0 Å². The molecule has 2 N–H and O–H groups in total. The van der Waals surface area contributed by atoms with Crippen LogP contribution in [0, 0.1) is 0 Å². The fraction of sp³-hybridized carbons (Fsp3) is 0.350. The highest BCUT2D eigenvalue weighted by Crippen LogP contribution is 2.33. The Bertz CT molecular complexity index is 983. The summed E-state index contributed by atoms with van der Waals surface area (Å²) in [7, 11) is 0. The van der Waals surface area contributed by atoms with Crippen molar-refractivity contribution in [1.82, 2.24) is 4.90 Å². The second-order valence-electron chi connectivity index (χ2n) is 6.16. The van der Waals surface area contributed by atoms with E-state index < -0.39 is 0 Å². The van der Waals surface area contributed by atoms with Crippen LogP contribution in [0.5, 0.6) is 0 Å². The van der Waals surface area contributed by atoms with Crippen molar-refractivity contribution in [2.45, 2.75) is 20.5 Å². The van der Waals surface area contributed by atoms with Gasteiger partial charge in [-0.1, -0.05) is 35.8 Å². The van der Waals surface area contributed by atoms with Crippen LogP contribution in [0.1, 0.15) is 19.4 Å². The largest absolute Gasteiger partial charge is 0.392 e. The first-order valence-corrected chi connectivity index (χ1v) is 10.4. The summed E-state index contributed by atoms with van der Waals surface area (Å²) in [5, 5.41) is 14.5. The van der Waals surface area contributed by atoms with E-state index in [1.165, 1.54) is 0 Å². The third kappa shape index (κ3) is 3.78. The van der Waals surface area contributed by atoms with Crippen molar-refractivity contribution in [2.24, 2.45) is 0 Å². The Morgan fingerprint density at radius 3 is 2.65 bits per heavy atom. The molecule has 138 valence electrons. The molecule has 26 heavy (non-hydrogen) atoms. The number of benzene rings is 2. The highest BCUT2D eigenvalue weighted by Gasteiger charge is 2.14. The second-order valence-corrected chi connectivity index (χ2v) is 8.13. The smallest absolute Gasteiger partial charge is 0.198 e. The fourth-order valence-electron chi connectivity index (χ4n) is 3.14. The van der Waals surface area contributed by atoms with Crippen molar-refractivity contribution in [1.29, 1.82) is 0 Å². The zero-order valence-corrected chi connectivity index (χ0v) is 17.4. The van der Waals surface area contributed by atoms with Gasteiger partial charge in [0.25, 0.3) is 0 Å². The van der Waals surface area contributed by atoms with Crippen molar-refractivity contribution in [2.75, 3.05) is 31.5 Å². The van der Waals surface area contributed by atoms with Crippen LogP contribution in [0.25, 0.3) is 20.2 Å². The van der Waals surface area contributed by atoms with Crippen LogP contribution in [-0.2, 0) is 6.61 Å². The van der Waals surface area contributed by atoms with Crippen LogP contribution in [0.15, 0.2) is 39.6 Å². The van der Waals surface area contributed by atoms with E-state index in [1.54, 1.807) is 11.3 Å². The summed E-state index contributed by atoms with van der Waals surface area (Å²) in [4.78, 5) is 15.5. The lowest BCUT2D eigenvalue weighted by molar-refractivity contribution is 0.283. The lowest BCUT2D eigenvalue weighted by Crippen LogP contribution is -2.28. The molecule has 1 heterocycles. The zero-order chi connectivity index (χ0) is 18.7. The molecule has 0 aliphatic rings. The standard InChI is InChI=1S/C20H23BrN2O2S/c1-3-23(4-2)10-9-22-16-7-5-13(12-24)20-18(16)19(25)15-11-14(21)6-8-17(15)26-20/h5-8,11,22,24H,3-4,9-10,12H2,1-2H3. The molecule has 0 saturated heterocycles. The lowest BCUT2D eigenvalue weighted by Gasteiger charge is -2.19. The molecular formula is C20H23BrN2O2S. The Balaban J connectivity index is 2.10. The Labute approximate surface area is 165 Å². The van der Waals surface area contributed by atoms with Gasteiger partial charge in [0.05, 0.1) is 12.0 Å². The van der Waals surface area contributed by atoms with Crippen LogP contribution in [-0.4, -0.2) is 36.2 Å². The number of likely N-dealkylation sites (N-methyl/N-ethyl adjacent to an activating group) is 1. The Morgan fingerprint density at radius 1 is 1.19 bits per heavy atom. The van der Waals surface area contributed by atoms with E-state index in [2.05, 4.69) is 40.0 Å². The van der Waals surface area contributed by atoms with Gasteiger partial charge in [-0.15, -0.1) is 11.3 Å². The molecule has 3 aromatic rings. The summed E-state index contributed by atoms with van der Waals surface area (Å²) >= 11 is 5.01. The van der Waals surface area contributed by atoms with Gasteiger partial charge in [0.15, 0.2) is 5.43 Å². The normalized spacial score (nSPS) is 11.6. The first-order chi connectivity index (χ1) is 12.6. The van der Waals surface area contributed by atoms with E-state index in [9.17, 15) is 9.90 Å². The monoisotopic (exact) mass is 434 g/mol. The molecule has 0 aliphatic carbocycles. The highest BCUT2D eigenvalue weighted by atomic mass is 79.9. The number of nitrogens with one attached hydrogen (secondary N) is 1. The van der Waals surface area contributed by atoms with E-state index in [0.29, 0.717) is 10.8 Å². The summed E-state index contributed by atoms with van der Waals surface area (Å²) in [5.41, 5.74) is 1.64. The number of aliphatic hydroxyl groups excluding tert-OH is 1. The van der Waals surface area contributed by atoms with Crippen molar-refractivity contribution < 1.29 is 5.11 Å². The van der Waals surface area contributed by atoms with Crippen LogP contribution in [0.3, 0.4) is 0 Å². The fourth-order valence-corrected chi connectivity index (χ4v) is 4.69. The van der Waals surface area contributed by atoms with Crippen LogP contribution >= 0.6 is 27.3 Å². The minimum Gasteiger partial charge on any atom is -0.392 e. The maximum Gasteiger partial charge on any atom is 0.198 e. The average Bonchev–Trinajstić information content (AvgIpc) is 2.66. The van der Waals surface area contributed by atoms with Gasteiger partial charge in [-0.25, -0.2) is 0 Å². The molecule has 0 spiro atoms. The SMILES string of the molecule is CCN(CC)CCNc1ccc(CO)c2sc3ccc(Br)cc3c(=O)c12. The number of hydrogen-bond acceptors (Lipinski definition) is 5. The summed E-state index contributed by atoms with van der Waals surface area (Å²) < 4.78 is 2.68. The minimum absolute atomic E-state index is 0.00990. The van der Waals surface area contributed by atoms with Gasteiger partial charge in [-0.3, -0.25) is 4.79 Å². The van der Waals surface area contributed by atoms with Crippen LogP contribution in [0.4, 0.5) is 5.69 Å². The molecule has 0 unspecified atom stereocenters. The van der Waals surface area contributed by atoms with Crippen LogP contribution in [0.2, 0.25) is 0 Å². The Kier molecular flexibility index (Phi) is 6.29. The molecule has 6 heteroatoms. The highest BCUT2D eigenvalue weighted by molar-refractivity contribution is 9.10. The van der Waals surface area contributed by atoms with E-state index in [4.69, 9.17) is 0 Å². The van der Waals surface area contributed by atoms with Gasteiger partial charge < -0.3 is 15.3 Å². The molecule has 4 nitrogen and oxygen atoms in total. The molecule has 0 bridgehead atoms. The molecule has 0 aliphatic heterocycles. The minimum atomic E-state index is -0.0752. The molecule has 0 saturated carbocycles. The predicted octanol–water partition coefficient (Wildman–Crippen LogP) is 4.42. The van der Waals surface area contributed by atoms with Crippen LogP contribution < -0.4 is 10.7 Å². The van der Waals surface area contributed by atoms with Gasteiger partial charge in [0.2, 0.25) is 0 Å². The molecular weight excluding hydrogens is 412 g/mol. The third-order valence-corrected chi connectivity index (χ3v) is 6.41. The first kappa shape index (κ1) is 19.3. The molecule has 0 fully saturated rings. The number of rotatable bonds is 7. The van der Waals surface area contributed by atoms with Gasteiger partial charge in [0.1, 0.15) is 0 Å². The maximum atomic E-state index is 13.2. The molecule has 0 atom stereocenters. The Morgan fingerprint density at radius 2 is 1.96 bits per heavy atom. The van der Waals surface area contributed by atoms with Gasteiger partial charge in [-0.05, 0) is 42.9 Å².